The summed E-state index contributed by atoms with van der Waals surface area (Å²) in [6.07, 6.45) is 5.75. The number of carbonyl (C=O) groups is 1. The predicted molar refractivity (Wildman–Crippen MR) is 103 cm³/mol. The average molecular weight is 365 g/mol. The van der Waals surface area contributed by atoms with Crippen LogP contribution >= 0.6 is 0 Å². The Morgan fingerprint density at radius 2 is 1.52 bits per heavy atom. The molecule has 0 heterocycles. The number of hydrogen-bond acceptors (Lipinski definition) is 2. The van der Waals surface area contributed by atoms with Crippen LogP contribution in [-0.4, -0.2) is 18.5 Å². The highest BCUT2D eigenvalue weighted by Gasteiger charge is 2.40. The number of esters is 1. The molecule has 1 atom stereocenters. The van der Waals surface area contributed by atoms with E-state index in [0.29, 0.717) is 18.3 Å². The summed E-state index contributed by atoms with van der Waals surface area (Å²) in [4.78, 5) is 11.7. The number of alkyl halides is 2. The quantitative estimate of drug-likeness (QED) is 0.254. The summed E-state index contributed by atoms with van der Waals surface area (Å²) in [5.41, 5.74) is 0. The first-order valence-corrected chi connectivity index (χ1v) is 10.3. The fourth-order valence-corrected chi connectivity index (χ4v) is 2.50. The maximum Gasteiger partial charge on any atom is 0.376 e. The highest BCUT2D eigenvalue weighted by atomic mass is 19.3. The van der Waals surface area contributed by atoms with Crippen molar-refractivity contribution < 1.29 is 18.3 Å². The molecule has 0 fully saturated rings. The molecule has 0 N–H and O–H groups in total. The molecule has 0 aromatic rings. The molecule has 0 aliphatic heterocycles. The first-order valence-electron chi connectivity index (χ1n) is 10.3. The highest BCUT2D eigenvalue weighted by Crippen LogP contribution is 2.26. The zero-order chi connectivity index (χ0) is 19.9. The van der Waals surface area contributed by atoms with E-state index in [1.54, 1.807) is 0 Å². The van der Waals surface area contributed by atoms with Crippen molar-refractivity contribution in [2.75, 3.05) is 6.61 Å². The van der Waals surface area contributed by atoms with Gasteiger partial charge in [-0.2, -0.15) is 8.78 Å². The van der Waals surface area contributed by atoms with E-state index >= 15 is 0 Å². The number of halogens is 2. The lowest BCUT2D eigenvalue weighted by Crippen LogP contribution is -2.33. The number of ether oxygens (including phenoxy) is 1. The fraction of sp³-hybridized carbons (Fsp3) is 0.952. The maximum atomic E-state index is 13.8. The summed E-state index contributed by atoms with van der Waals surface area (Å²) in [6.45, 7) is 14.5. The van der Waals surface area contributed by atoms with Crippen LogP contribution in [0.1, 0.15) is 99.8 Å². The normalized spacial score (nSPS) is 12.8. The summed E-state index contributed by atoms with van der Waals surface area (Å²) >= 11 is 0. The Balaban J connectivity index is 0. The van der Waals surface area contributed by atoms with Gasteiger partial charge in [0.2, 0.25) is 0 Å². The minimum Gasteiger partial charge on any atom is -0.461 e. The third-order valence-corrected chi connectivity index (χ3v) is 4.38. The van der Waals surface area contributed by atoms with E-state index in [4.69, 9.17) is 4.74 Å². The van der Waals surface area contributed by atoms with Crippen LogP contribution in [-0.2, 0) is 9.53 Å². The average Bonchev–Trinajstić information content (AvgIpc) is 2.55. The Labute approximate surface area is 155 Å². The Bertz CT molecular complexity index is 315. The van der Waals surface area contributed by atoms with Gasteiger partial charge >= 0.3 is 11.9 Å². The molecule has 25 heavy (non-hydrogen) atoms. The van der Waals surface area contributed by atoms with Crippen molar-refractivity contribution >= 4 is 5.97 Å². The van der Waals surface area contributed by atoms with Crippen LogP contribution in [0.15, 0.2) is 0 Å². The largest absolute Gasteiger partial charge is 0.461 e. The van der Waals surface area contributed by atoms with Gasteiger partial charge in [-0.05, 0) is 30.6 Å². The van der Waals surface area contributed by atoms with Crippen molar-refractivity contribution in [1.82, 2.24) is 0 Å². The number of hydrogen-bond donors (Lipinski definition) is 0. The molecule has 4 heteroatoms. The van der Waals surface area contributed by atoms with E-state index in [2.05, 4.69) is 20.8 Å². The van der Waals surface area contributed by atoms with Gasteiger partial charge in [0.1, 0.15) is 0 Å². The summed E-state index contributed by atoms with van der Waals surface area (Å²) in [5.74, 6) is -3.64. The molecule has 0 radical (unpaired) electrons. The van der Waals surface area contributed by atoms with Crippen LogP contribution in [0.25, 0.3) is 0 Å². The molecule has 0 bridgehead atoms. The summed E-state index contributed by atoms with van der Waals surface area (Å²) in [5, 5.41) is 0. The molecule has 2 nitrogen and oxygen atoms in total. The SMILES string of the molecule is CC.CCCCCCCC(F)(F)C(=O)OCC(CCC(C)C)C(C)C. The topological polar surface area (TPSA) is 26.3 Å². The molecular weight excluding hydrogens is 322 g/mol. The van der Waals surface area contributed by atoms with Gasteiger partial charge in [-0.25, -0.2) is 4.79 Å². The molecular formula is C21H42F2O2. The Kier molecular flexibility index (Phi) is 16.5. The van der Waals surface area contributed by atoms with Gasteiger partial charge in [0.25, 0.3) is 0 Å². The molecule has 0 aliphatic rings. The summed E-state index contributed by atoms with van der Waals surface area (Å²) in [7, 11) is 0. The second-order valence-corrected chi connectivity index (χ2v) is 7.44. The summed E-state index contributed by atoms with van der Waals surface area (Å²) in [6, 6.07) is 0. The van der Waals surface area contributed by atoms with Crippen molar-refractivity contribution in [2.24, 2.45) is 17.8 Å². The molecule has 0 aromatic heterocycles. The van der Waals surface area contributed by atoms with Gasteiger partial charge < -0.3 is 4.74 Å². The fourth-order valence-electron chi connectivity index (χ4n) is 2.50. The third-order valence-electron chi connectivity index (χ3n) is 4.38. The second-order valence-electron chi connectivity index (χ2n) is 7.44. The van der Waals surface area contributed by atoms with Crippen molar-refractivity contribution in [3.05, 3.63) is 0 Å². The maximum absolute atomic E-state index is 13.8. The van der Waals surface area contributed by atoms with Crippen LogP contribution in [0, 0.1) is 17.8 Å². The monoisotopic (exact) mass is 364 g/mol. The molecule has 0 saturated heterocycles. The van der Waals surface area contributed by atoms with Crippen molar-refractivity contribution in [3.8, 4) is 0 Å². The minimum absolute atomic E-state index is 0.106. The zero-order valence-corrected chi connectivity index (χ0v) is 17.7. The van der Waals surface area contributed by atoms with Crippen molar-refractivity contribution in [3.63, 3.8) is 0 Å². The molecule has 0 aromatic carbocycles. The molecule has 0 aliphatic carbocycles. The first-order chi connectivity index (χ1) is 11.7. The molecule has 0 amide bonds. The summed E-state index contributed by atoms with van der Waals surface area (Å²) < 4.78 is 32.6. The Morgan fingerprint density at radius 1 is 0.960 bits per heavy atom. The first kappa shape index (κ1) is 26.6. The van der Waals surface area contributed by atoms with Gasteiger partial charge in [0.15, 0.2) is 0 Å². The van der Waals surface area contributed by atoms with E-state index in [1.807, 2.05) is 27.7 Å². The van der Waals surface area contributed by atoms with Crippen molar-refractivity contribution in [2.45, 2.75) is 106 Å². The standard InChI is InChI=1S/C19H36F2O2.C2H6/c1-6-7-8-9-10-13-19(20,21)18(22)23-14-17(16(4)5)12-11-15(2)3;1-2/h15-17H,6-14H2,1-5H3;1-2H3. The molecule has 0 rings (SSSR count). The second kappa shape index (κ2) is 15.6. The van der Waals surface area contributed by atoms with Crippen molar-refractivity contribution in [1.29, 1.82) is 0 Å². The van der Waals surface area contributed by atoms with Crippen LogP contribution < -0.4 is 0 Å². The van der Waals surface area contributed by atoms with E-state index in [9.17, 15) is 13.6 Å². The lowest BCUT2D eigenvalue weighted by atomic mass is 9.89. The van der Waals surface area contributed by atoms with E-state index in [-0.39, 0.29) is 12.5 Å². The zero-order valence-electron chi connectivity index (χ0n) is 17.7. The number of unbranched alkanes of at least 4 members (excludes halogenated alkanes) is 4. The number of carbonyl (C=O) groups excluding carboxylic acids is 1. The third kappa shape index (κ3) is 14.2. The molecule has 1 unspecified atom stereocenters. The van der Waals surface area contributed by atoms with Gasteiger partial charge in [-0.3, -0.25) is 0 Å². The van der Waals surface area contributed by atoms with E-state index in [1.165, 1.54) is 0 Å². The van der Waals surface area contributed by atoms with E-state index in [0.717, 1.165) is 38.5 Å². The molecule has 152 valence electrons. The predicted octanol–water partition coefficient (Wildman–Crippen LogP) is 7.26. The highest BCUT2D eigenvalue weighted by molar-refractivity contribution is 5.77. The van der Waals surface area contributed by atoms with E-state index < -0.39 is 18.3 Å². The Hall–Kier alpha value is -0.670. The van der Waals surface area contributed by atoms with Crippen LogP contribution in [0.5, 0.6) is 0 Å². The van der Waals surface area contributed by atoms with Crippen LogP contribution in [0.2, 0.25) is 0 Å². The minimum atomic E-state index is -3.34. The smallest absolute Gasteiger partial charge is 0.376 e. The van der Waals surface area contributed by atoms with Crippen LogP contribution in [0.4, 0.5) is 8.78 Å². The Morgan fingerprint density at radius 3 is 2.00 bits per heavy atom. The van der Waals surface area contributed by atoms with Crippen LogP contribution in [0.3, 0.4) is 0 Å². The lowest BCUT2D eigenvalue weighted by molar-refractivity contribution is -0.175. The van der Waals surface area contributed by atoms with Gasteiger partial charge in [-0.1, -0.05) is 80.6 Å². The lowest BCUT2D eigenvalue weighted by Gasteiger charge is -2.23. The van der Waals surface area contributed by atoms with Gasteiger partial charge in [0.05, 0.1) is 6.61 Å². The molecule has 0 spiro atoms. The molecule has 0 saturated carbocycles. The number of rotatable bonds is 13. The van der Waals surface area contributed by atoms with Gasteiger partial charge in [-0.15, -0.1) is 0 Å². The van der Waals surface area contributed by atoms with Gasteiger partial charge in [0, 0.05) is 6.42 Å².